The molecule has 27 heavy (non-hydrogen) atoms. The molecule has 0 fully saturated rings. The van der Waals surface area contributed by atoms with Crippen molar-refractivity contribution in [1.29, 1.82) is 0 Å². The van der Waals surface area contributed by atoms with Crippen LogP contribution in [0.1, 0.15) is 29.8 Å². The number of aromatic nitrogens is 1. The average molecular weight is 390 g/mol. The van der Waals surface area contributed by atoms with Crippen molar-refractivity contribution >= 4 is 60.2 Å². The predicted molar refractivity (Wildman–Crippen MR) is 110 cm³/mol. The van der Waals surface area contributed by atoms with Crippen LogP contribution in [0.25, 0.3) is 10.9 Å². The van der Waals surface area contributed by atoms with Gasteiger partial charge in [0.1, 0.15) is 11.3 Å². The van der Waals surface area contributed by atoms with Gasteiger partial charge in [-0.25, -0.2) is 0 Å². The first kappa shape index (κ1) is 21.5. The zero-order chi connectivity index (χ0) is 18.8. The van der Waals surface area contributed by atoms with Gasteiger partial charge >= 0.3 is 0 Å². The summed E-state index contributed by atoms with van der Waals surface area (Å²) in [5, 5.41) is 11.4. The smallest absolute Gasteiger partial charge is 0.267 e. The number of anilines is 1. The first-order chi connectivity index (χ1) is 12.5. The number of rotatable bonds is 4. The van der Waals surface area contributed by atoms with Gasteiger partial charge in [-0.05, 0) is 37.1 Å². The number of carbonyl (C=O) groups is 1. The van der Waals surface area contributed by atoms with Gasteiger partial charge in [-0.1, -0.05) is 37.3 Å². The Labute approximate surface area is 188 Å². The third-order valence-electron chi connectivity index (χ3n) is 4.71. The molecule has 0 aliphatic heterocycles. The minimum absolute atomic E-state index is 0. The van der Waals surface area contributed by atoms with Gasteiger partial charge < -0.3 is 14.6 Å². The number of hydrogen-bond acceptors (Lipinski definition) is 3. The number of nitrogens with zero attached hydrogens (tertiary/aromatic N) is 2. The Morgan fingerprint density at radius 2 is 1.74 bits per heavy atom. The van der Waals surface area contributed by atoms with Crippen LogP contribution >= 0.6 is 0 Å². The Hall–Kier alpha value is -1.82. The first-order valence-corrected chi connectivity index (χ1v) is 8.71. The number of benzene rings is 2. The SMILES string of the molecule is CCc1cccc2c1c(O)c(C(=O)N(CC)c1ccccc1)c(=O)n2C.[Ca]. The third-order valence-corrected chi connectivity index (χ3v) is 4.71. The fourth-order valence-electron chi connectivity index (χ4n) is 3.32. The maximum Gasteiger partial charge on any atom is 0.267 e. The molecule has 6 heteroatoms. The van der Waals surface area contributed by atoms with E-state index < -0.39 is 11.5 Å². The largest absolute Gasteiger partial charge is 0.506 e. The number of aryl methyl sites for hydroxylation is 2. The third kappa shape index (κ3) is 3.77. The number of para-hydroxylation sites is 1. The molecule has 5 nitrogen and oxygen atoms in total. The fraction of sp³-hybridized carbons (Fsp3) is 0.238. The summed E-state index contributed by atoms with van der Waals surface area (Å²) in [7, 11) is 1.62. The van der Waals surface area contributed by atoms with Crippen molar-refractivity contribution in [3.63, 3.8) is 0 Å². The molecular weight excluding hydrogens is 368 g/mol. The average Bonchev–Trinajstić information content (AvgIpc) is 2.67. The van der Waals surface area contributed by atoms with Crippen molar-refractivity contribution in [3.8, 4) is 5.75 Å². The van der Waals surface area contributed by atoms with Crippen LogP contribution in [0.4, 0.5) is 5.69 Å². The Balaban J connectivity index is 0.00000261. The fourth-order valence-corrected chi connectivity index (χ4v) is 3.32. The van der Waals surface area contributed by atoms with Crippen molar-refractivity contribution in [2.45, 2.75) is 20.3 Å². The molecule has 1 amide bonds. The molecule has 0 atom stereocenters. The van der Waals surface area contributed by atoms with E-state index in [1.165, 1.54) is 9.47 Å². The van der Waals surface area contributed by atoms with E-state index >= 15 is 0 Å². The number of carbonyl (C=O) groups excluding carboxylic acids is 1. The van der Waals surface area contributed by atoms with E-state index in [-0.39, 0.29) is 49.1 Å². The molecule has 136 valence electrons. The standard InChI is InChI=1S/C21H22N2O3.Ca/c1-4-14-10-9-13-16-17(14)19(24)18(20(25)22(16)3)21(26)23(5-2)15-11-7-6-8-12-15;/h6-13,24H,4-5H2,1-3H3;. The second-order valence-corrected chi connectivity index (χ2v) is 6.14. The summed E-state index contributed by atoms with van der Waals surface area (Å²) in [4.78, 5) is 27.5. The maximum atomic E-state index is 13.2. The van der Waals surface area contributed by atoms with Crippen molar-refractivity contribution in [2.75, 3.05) is 11.4 Å². The zero-order valence-corrected chi connectivity index (χ0v) is 18.1. The summed E-state index contributed by atoms with van der Waals surface area (Å²) in [6, 6.07) is 14.7. The minimum atomic E-state index is -0.498. The summed E-state index contributed by atoms with van der Waals surface area (Å²) < 4.78 is 1.43. The number of fused-ring (bicyclic) bond motifs is 1. The quantitative estimate of drug-likeness (QED) is 0.697. The van der Waals surface area contributed by atoms with E-state index in [1.54, 1.807) is 25.2 Å². The Bertz CT molecular complexity index is 1030. The van der Waals surface area contributed by atoms with Crippen LogP contribution in [0.5, 0.6) is 5.75 Å². The van der Waals surface area contributed by atoms with Gasteiger partial charge in [-0.15, -0.1) is 0 Å². The van der Waals surface area contributed by atoms with E-state index in [0.29, 0.717) is 29.6 Å². The predicted octanol–water partition coefficient (Wildman–Crippen LogP) is 3.09. The molecule has 2 aromatic carbocycles. The molecule has 1 aromatic heterocycles. The second-order valence-electron chi connectivity index (χ2n) is 6.14. The Morgan fingerprint density at radius 3 is 2.33 bits per heavy atom. The molecule has 3 rings (SSSR count). The van der Waals surface area contributed by atoms with Crippen LogP contribution < -0.4 is 10.5 Å². The molecule has 2 radical (unpaired) electrons. The Morgan fingerprint density at radius 1 is 1.07 bits per heavy atom. The number of aromatic hydroxyl groups is 1. The van der Waals surface area contributed by atoms with Crippen molar-refractivity contribution < 1.29 is 9.90 Å². The van der Waals surface area contributed by atoms with Gasteiger partial charge in [-0.2, -0.15) is 0 Å². The van der Waals surface area contributed by atoms with Crippen LogP contribution in [0.2, 0.25) is 0 Å². The molecule has 0 aliphatic carbocycles. The van der Waals surface area contributed by atoms with E-state index in [2.05, 4.69) is 0 Å². The maximum absolute atomic E-state index is 13.2. The molecule has 1 N–H and O–H groups in total. The summed E-state index contributed by atoms with van der Waals surface area (Å²) in [5.74, 6) is -0.732. The van der Waals surface area contributed by atoms with Gasteiger partial charge in [0.15, 0.2) is 0 Å². The summed E-state index contributed by atoms with van der Waals surface area (Å²) >= 11 is 0. The van der Waals surface area contributed by atoms with Gasteiger partial charge in [0.25, 0.3) is 11.5 Å². The molecule has 3 aromatic rings. The van der Waals surface area contributed by atoms with Crippen LogP contribution in [0.15, 0.2) is 53.3 Å². The van der Waals surface area contributed by atoms with E-state index in [9.17, 15) is 14.7 Å². The number of amides is 1. The molecule has 0 aliphatic rings. The summed E-state index contributed by atoms with van der Waals surface area (Å²) in [6.07, 6.45) is 0.687. The molecule has 0 unspecified atom stereocenters. The molecular formula is C21H22CaN2O3. The van der Waals surface area contributed by atoms with Gasteiger partial charge in [0.05, 0.1) is 5.52 Å². The van der Waals surface area contributed by atoms with Crippen molar-refractivity contribution in [2.24, 2.45) is 7.05 Å². The Kier molecular flexibility index (Phi) is 7.09. The van der Waals surface area contributed by atoms with Gasteiger partial charge in [-0.3, -0.25) is 9.59 Å². The summed E-state index contributed by atoms with van der Waals surface area (Å²) in [5.41, 5.74) is 1.51. The van der Waals surface area contributed by atoms with Crippen LogP contribution in [-0.2, 0) is 13.5 Å². The first-order valence-electron chi connectivity index (χ1n) is 8.71. The van der Waals surface area contributed by atoms with E-state index in [4.69, 9.17) is 0 Å². The molecule has 0 saturated heterocycles. The normalized spacial score (nSPS) is 10.5. The van der Waals surface area contributed by atoms with Crippen LogP contribution in [0.3, 0.4) is 0 Å². The van der Waals surface area contributed by atoms with Crippen LogP contribution in [-0.4, -0.2) is 59.9 Å². The number of pyridine rings is 1. The van der Waals surface area contributed by atoms with E-state index in [1.807, 2.05) is 44.2 Å². The molecule has 1 heterocycles. The molecule has 0 saturated carbocycles. The monoisotopic (exact) mass is 390 g/mol. The van der Waals surface area contributed by atoms with Crippen molar-refractivity contribution in [1.82, 2.24) is 4.57 Å². The number of hydrogen-bond donors (Lipinski definition) is 1. The van der Waals surface area contributed by atoms with E-state index in [0.717, 1.165) is 5.56 Å². The molecule has 0 bridgehead atoms. The van der Waals surface area contributed by atoms with Gasteiger partial charge in [0, 0.05) is 62.4 Å². The minimum Gasteiger partial charge on any atom is -0.506 e. The zero-order valence-electron chi connectivity index (χ0n) is 15.9. The van der Waals surface area contributed by atoms with Crippen molar-refractivity contribution in [3.05, 3.63) is 70.0 Å². The van der Waals surface area contributed by atoms with Crippen LogP contribution in [0, 0.1) is 0 Å². The second kappa shape index (κ2) is 8.91. The topological polar surface area (TPSA) is 62.5 Å². The molecule has 0 spiro atoms. The summed E-state index contributed by atoms with van der Waals surface area (Å²) in [6.45, 7) is 4.20. The van der Waals surface area contributed by atoms with Gasteiger partial charge in [0.2, 0.25) is 0 Å².